The lowest BCUT2D eigenvalue weighted by molar-refractivity contribution is 0.0576. The molecular formula is C17H18BrFO. The Bertz CT molecular complexity index is 590. The second kappa shape index (κ2) is 6.06. The molecule has 106 valence electrons. The van der Waals surface area contributed by atoms with Gasteiger partial charge in [-0.15, -0.1) is 0 Å². The Balaban J connectivity index is 2.22. The van der Waals surface area contributed by atoms with E-state index in [2.05, 4.69) is 22.9 Å². The van der Waals surface area contributed by atoms with Crippen LogP contribution in [0.3, 0.4) is 0 Å². The summed E-state index contributed by atoms with van der Waals surface area (Å²) >= 11 is 3.17. The largest absolute Gasteiger partial charge is 0.385 e. The topological polar surface area (TPSA) is 20.2 Å². The molecule has 0 aliphatic rings. The van der Waals surface area contributed by atoms with Gasteiger partial charge >= 0.3 is 0 Å². The van der Waals surface area contributed by atoms with Crippen LogP contribution in [0.25, 0.3) is 0 Å². The Kier molecular flexibility index (Phi) is 4.61. The predicted octanol–water partition coefficient (Wildman–Crippen LogP) is 4.60. The van der Waals surface area contributed by atoms with Crippen LogP contribution in [-0.4, -0.2) is 5.11 Å². The van der Waals surface area contributed by atoms with E-state index in [1.807, 2.05) is 24.3 Å². The van der Waals surface area contributed by atoms with Crippen LogP contribution in [0, 0.1) is 5.82 Å². The molecule has 3 heteroatoms. The quantitative estimate of drug-likeness (QED) is 0.864. The molecule has 2 aromatic carbocycles. The number of aryl methyl sites for hydroxylation is 1. The smallest absolute Gasteiger partial charge is 0.137 e. The Morgan fingerprint density at radius 2 is 1.70 bits per heavy atom. The summed E-state index contributed by atoms with van der Waals surface area (Å²) in [5.41, 5.74) is 2.04. The van der Waals surface area contributed by atoms with Gasteiger partial charge in [0.15, 0.2) is 0 Å². The summed E-state index contributed by atoms with van der Waals surface area (Å²) in [5.74, 6) is -0.291. The molecule has 1 unspecified atom stereocenters. The highest BCUT2D eigenvalue weighted by Gasteiger charge is 2.23. The lowest BCUT2D eigenvalue weighted by Gasteiger charge is -2.24. The molecule has 0 heterocycles. The van der Waals surface area contributed by atoms with Gasteiger partial charge in [-0.25, -0.2) is 4.39 Å². The third kappa shape index (κ3) is 3.47. The second-order valence-electron chi connectivity index (χ2n) is 5.25. The Morgan fingerprint density at radius 1 is 1.10 bits per heavy atom. The fourth-order valence-electron chi connectivity index (χ4n) is 2.25. The van der Waals surface area contributed by atoms with Gasteiger partial charge in [-0.05, 0) is 58.1 Å². The average molecular weight is 337 g/mol. The molecule has 0 aliphatic heterocycles. The molecule has 0 aliphatic carbocycles. The van der Waals surface area contributed by atoms with E-state index in [1.165, 1.54) is 11.6 Å². The number of hydrogen-bond acceptors (Lipinski definition) is 1. The van der Waals surface area contributed by atoms with E-state index in [0.717, 1.165) is 17.5 Å². The standard InChI is InChI=1S/C17H18BrFO/c1-3-12-4-7-14(8-5-12)17(2,20)11-13-6-9-16(19)15(18)10-13/h4-10,20H,3,11H2,1-2H3. The number of halogens is 2. The van der Waals surface area contributed by atoms with Crippen molar-refractivity contribution in [2.24, 2.45) is 0 Å². The van der Waals surface area contributed by atoms with Crippen molar-refractivity contribution in [2.75, 3.05) is 0 Å². The molecule has 20 heavy (non-hydrogen) atoms. The molecule has 0 saturated heterocycles. The first kappa shape index (κ1) is 15.2. The van der Waals surface area contributed by atoms with E-state index >= 15 is 0 Å². The first-order chi connectivity index (χ1) is 9.42. The minimum absolute atomic E-state index is 0.291. The van der Waals surface area contributed by atoms with Gasteiger partial charge in [0.2, 0.25) is 0 Å². The first-order valence-corrected chi connectivity index (χ1v) is 7.47. The molecule has 0 saturated carbocycles. The molecule has 0 aromatic heterocycles. The molecule has 0 bridgehead atoms. The maximum absolute atomic E-state index is 13.2. The Labute approximate surface area is 127 Å². The van der Waals surface area contributed by atoms with Crippen LogP contribution in [0.4, 0.5) is 4.39 Å². The molecule has 0 fully saturated rings. The zero-order valence-corrected chi connectivity index (χ0v) is 13.2. The van der Waals surface area contributed by atoms with E-state index in [4.69, 9.17) is 0 Å². The summed E-state index contributed by atoms with van der Waals surface area (Å²) in [4.78, 5) is 0. The van der Waals surface area contributed by atoms with Gasteiger partial charge < -0.3 is 5.11 Å². The van der Waals surface area contributed by atoms with Crippen molar-refractivity contribution in [3.8, 4) is 0 Å². The van der Waals surface area contributed by atoms with Crippen molar-refractivity contribution in [2.45, 2.75) is 32.3 Å². The van der Waals surface area contributed by atoms with Gasteiger partial charge in [0.05, 0.1) is 10.1 Å². The first-order valence-electron chi connectivity index (χ1n) is 6.68. The fraction of sp³-hybridized carbons (Fsp3) is 0.294. The van der Waals surface area contributed by atoms with Crippen LogP contribution in [0.5, 0.6) is 0 Å². The summed E-state index contributed by atoms with van der Waals surface area (Å²) in [6, 6.07) is 12.8. The van der Waals surface area contributed by atoms with Crippen molar-refractivity contribution in [3.05, 3.63) is 69.4 Å². The van der Waals surface area contributed by atoms with Gasteiger partial charge in [-0.1, -0.05) is 37.3 Å². The molecule has 2 rings (SSSR count). The highest BCUT2D eigenvalue weighted by Crippen LogP contribution is 2.27. The van der Waals surface area contributed by atoms with Crippen LogP contribution in [0.1, 0.15) is 30.5 Å². The van der Waals surface area contributed by atoms with Crippen LogP contribution in [-0.2, 0) is 18.4 Å². The van der Waals surface area contributed by atoms with Crippen molar-refractivity contribution in [1.82, 2.24) is 0 Å². The molecule has 0 radical (unpaired) electrons. The second-order valence-corrected chi connectivity index (χ2v) is 6.10. The molecule has 1 nitrogen and oxygen atoms in total. The van der Waals surface area contributed by atoms with Crippen molar-refractivity contribution < 1.29 is 9.50 Å². The molecule has 0 spiro atoms. The van der Waals surface area contributed by atoms with E-state index in [0.29, 0.717) is 10.9 Å². The summed E-state index contributed by atoms with van der Waals surface area (Å²) < 4.78 is 13.7. The van der Waals surface area contributed by atoms with Crippen LogP contribution < -0.4 is 0 Å². The Hall–Kier alpha value is -1.19. The van der Waals surface area contributed by atoms with Crippen LogP contribution >= 0.6 is 15.9 Å². The van der Waals surface area contributed by atoms with E-state index in [9.17, 15) is 9.50 Å². The summed E-state index contributed by atoms with van der Waals surface area (Å²) in [5, 5.41) is 10.7. The van der Waals surface area contributed by atoms with Crippen molar-refractivity contribution >= 4 is 15.9 Å². The molecule has 1 N–H and O–H groups in total. The highest BCUT2D eigenvalue weighted by atomic mass is 79.9. The molecule has 1 atom stereocenters. The van der Waals surface area contributed by atoms with Gasteiger partial charge in [0.1, 0.15) is 5.82 Å². The van der Waals surface area contributed by atoms with Crippen molar-refractivity contribution in [1.29, 1.82) is 0 Å². The third-order valence-corrected chi connectivity index (χ3v) is 4.12. The minimum atomic E-state index is -0.969. The number of rotatable bonds is 4. The monoisotopic (exact) mass is 336 g/mol. The summed E-state index contributed by atoms with van der Waals surface area (Å²) in [6.45, 7) is 3.88. The van der Waals surface area contributed by atoms with Crippen LogP contribution in [0.2, 0.25) is 0 Å². The van der Waals surface area contributed by atoms with Crippen molar-refractivity contribution in [3.63, 3.8) is 0 Å². The Morgan fingerprint density at radius 3 is 2.25 bits per heavy atom. The maximum atomic E-state index is 13.2. The number of hydrogen-bond donors (Lipinski definition) is 1. The lowest BCUT2D eigenvalue weighted by Crippen LogP contribution is -2.24. The average Bonchev–Trinajstić information content (AvgIpc) is 2.43. The third-order valence-electron chi connectivity index (χ3n) is 3.52. The molecular weight excluding hydrogens is 319 g/mol. The van der Waals surface area contributed by atoms with Gasteiger partial charge in [-0.2, -0.15) is 0 Å². The zero-order chi connectivity index (χ0) is 14.8. The number of benzene rings is 2. The molecule has 2 aromatic rings. The number of aliphatic hydroxyl groups is 1. The van der Waals surface area contributed by atoms with E-state index in [1.54, 1.807) is 19.1 Å². The van der Waals surface area contributed by atoms with E-state index < -0.39 is 5.60 Å². The van der Waals surface area contributed by atoms with Crippen LogP contribution in [0.15, 0.2) is 46.9 Å². The lowest BCUT2D eigenvalue weighted by atomic mass is 9.88. The normalized spacial score (nSPS) is 14.1. The summed E-state index contributed by atoms with van der Waals surface area (Å²) in [6.07, 6.45) is 1.42. The van der Waals surface area contributed by atoms with E-state index in [-0.39, 0.29) is 5.82 Å². The fourth-order valence-corrected chi connectivity index (χ4v) is 2.67. The van der Waals surface area contributed by atoms with Gasteiger partial charge in [0, 0.05) is 6.42 Å². The SMILES string of the molecule is CCc1ccc(C(C)(O)Cc2ccc(F)c(Br)c2)cc1. The van der Waals surface area contributed by atoms with Gasteiger partial charge in [-0.3, -0.25) is 0 Å². The molecule has 0 amide bonds. The van der Waals surface area contributed by atoms with Gasteiger partial charge in [0.25, 0.3) is 0 Å². The zero-order valence-electron chi connectivity index (χ0n) is 11.7. The highest BCUT2D eigenvalue weighted by molar-refractivity contribution is 9.10. The summed E-state index contributed by atoms with van der Waals surface area (Å²) in [7, 11) is 0. The predicted molar refractivity (Wildman–Crippen MR) is 83.2 cm³/mol. The maximum Gasteiger partial charge on any atom is 0.137 e. The minimum Gasteiger partial charge on any atom is -0.385 e.